The fraction of sp³-hybridized carbons (Fsp3) is 0.320. The Morgan fingerprint density at radius 1 is 1.09 bits per heavy atom. The standard InChI is InChI=1S/C24H29N5O3.CH4/c1-4-26-24(30)29-19-12-11-18(13-22(19)31-3)20-14-25-15-23(27-20)28-21(16-32-5-2)17-9-7-6-8-10-17;/h6-15,21H,4-5,16H2,1-3H3,(H,27,28)(H2,26,29,30);1H4/t21-;/m0./s1. The Hall–Kier alpha value is -3.65. The van der Waals surface area contributed by atoms with E-state index < -0.39 is 0 Å². The molecule has 0 bridgehead atoms. The summed E-state index contributed by atoms with van der Waals surface area (Å²) < 4.78 is 11.1. The van der Waals surface area contributed by atoms with Crippen molar-refractivity contribution in [3.05, 3.63) is 66.5 Å². The van der Waals surface area contributed by atoms with Gasteiger partial charge >= 0.3 is 6.03 Å². The molecule has 0 saturated heterocycles. The van der Waals surface area contributed by atoms with Gasteiger partial charge in [0.05, 0.1) is 43.5 Å². The molecule has 2 aromatic carbocycles. The van der Waals surface area contributed by atoms with Gasteiger partial charge in [-0.15, -0.1) is 0 Å². The van der Waals surface area contributed by atoms with Crippen molar-refractivity contribution in [1.82, 2.24) is 15.3 Å². The van der Waals surface area contributed by atoms with Gasteiger partial charge in [-0.1, -0.05) is 43.8 Å². The predicted octanol–water partition coefficient (Wildman–Crippen LogP) is 5.12. The summed E-state index contributed by atoms with van der Waals surface area (Å²) in [5.74, 6) is 1.17. The number of carbonyl (C=O) groups is 1. The Kier molecular flexibility index (Phi) is 10.1. The van der Waals surface area contributed by atoms with Gasteiger partial charge in [-0.2, -0.15) is 0 Å². The maximum absolute atomic E-state index is 11.9. The second kappa shape index (κ2) is 13.0. The van der Waals surface area contributed by atoms with Crippen molar-refractivity contribution in [3.8, 4) is 17.0 Å². The van der Waals surface area contributed by atoms with E-state index in [4.69, 9.17) is 14.5 Å². The second-order valence-corrected chi connectivity index (χ2v) is 6.96. The fourth-order valence-corrected chi connectivity index (χ4v) is 3.18. The van der Waals surface area contributed by atoms with Crippen LogP contribution >= 0.6 is 0 Å². The number of urea groups is 1. The highest BCUT2D eigenvalue weighted by Crippen LogP contribution is 2.30. The molecule has 3 N–H and O–H groups in total. The summed E-state index contributed by atoms with van der Waals surface area (Å²) in [7, 11) is 1.56. The van der Waals surface area contributed by atoms with Gasteiger partial charge < -0.3 is 25.4 Å². The predicted molar refractivity (Wildman–Crippen MR) is 133 cm³/mol. The molecule has 0 spiro atoms. The molecule has 0 saturated carbocycles. The third-order valence-electron chi connectivity index (χ3n) is 4.73. The minimum atomic E-state index is -0.286. The molecule has 33 heavy (non-hydrogen) atoms. The second-order valence-electron chi connectivity index (χ2n) is 6.96. The number of aromatic nitrogens is 2. The van der Waals surface area contributed by atoms with Crippen molar-refractivity contribution in [2.45, 2.75) is 27.3 Å². The molecule has 0 unspecified atom stereocenters. The maximum Gasteiger partial charge on any atom is 0.319 e. The van der Waals surface area contributed by atoms with Crippen molar-refractivity contribution in [1.29, 1.82) is 0 Å². The molecule has 2 amide bonds. The van der Waals surface area contributed by atoms with E-state index in [2.05, 4.69) is 33.1 Å². The minimum absolute atomic E-state index is 0. The van der Waals surface area contributed by atoms with Crippen LogP contribution < -0.4 is 20.7 Å². The Morgan fingerprint density at radius 2 is 1.88 bits per heavy atom. The van der Waals surface area contributed by atoms with Crippen LogP contribution in [0.4, 0.5) is 16.3 Å². The zero-order valence-electron chi connectivity index (χ0n) is 18.6. The van der Waals surface area contributed by atoms with Crippen molar-refractivity contribution in [2.75, 3.05) is 37.5 Å². The van der Waals surface area contributed by atoms with Gasteiger partial charge in [-0.05, 0) is 31.5 Å². The summed E-state index contributed by atoms with van der Waals surface area (Å²) in [6, 6.07) is 15.2. The summed E-state index contributed by atoms with van der Waals surface area (Å²) in [6.45, 7) is 5.51. The van der Waals surface area contributed by atoms with Crippen LogP contribution in [0.3, 0.4) is 0 Å². The van der Waals surface area contributed by atoms with E-state index in [1.54, 1.807) is 25.6 Å². The number of benzene rings is 2. The lowest BCUT2D eigenvalue weighted by Gasteiger charge is -2.20. The molecule has 3 rings (SSSR count). The van der Waals surface area contributed by atoms with E-state index in [0.717, 1.165) is 11.1 Å². The van der Waals surface area contributed by atoms with Gasteiger partial charge in [0.25, 0.3) is 0 Å². The number of ether oxygens (including phenoxy) is 2. The third-order valence-corrected chi connectivity index (χ3v) is 4.73. The first kappa shape index (κ1) is 25.6. The first-order valence-corrected chi connectivity index (χ1v) is 10.6. The Bertz CT molecular complexity index is 1010. The lowest BCUT2D eigenvalue weighted by atomic mass is 10.1. The molecule has 0 aliphatic carbocycles. The zero-order chi connectivity index (χ0) is 22.8. The quantitative estimate of drug-likeness (QED) is 0.396. The number of carbonyl (C=O) groups excluding carboxylic acids is 1. The molecule has 1 atom stereocenters. The average molecular weight is 452 g/mol. The first-order chi connectivity index (χ1) is 15.6. The van der Waals surface area contributed by atoms with Crippen LogP contribution in [0.2, 0.25) is 0 Å². The van der Waals surface area contributed by atoms with E-state index in [1.165, 1.54) is 0 Å². The summed E-state index contributed by atoms with van der Waals surface area (Å²) >= 11 is 0. The molecule has 8 heteroatoms. The topological polar surface area (TPSA) is 97.4 Å². The highest BCUT2D eigenvalue weighted by molar-refractivity contribution is 5.91. The van der Waals surface area contributed by atoms with Crippen molar-refractivity contribution in [3.63, 3.8) is 0 Å². The Morgan fingerprint density at radius 3 is 2.58 bits per heavy atom. The van der Waals surface area contributed by atoms with Gasteiger partial charge in [-0.3, -0.25) is 4.98 Å². The van der Waals surface area contributed by atoms with Crippen LogP contribution in [0.25, 0.3) is 11.3 Å². The normalized spacial score (nSPS) is 11.1. The molecule has 176 valence electrons. The lowest BCUT2D eigenvalue weighted by Crippen LogP contribution is -2.28. The van der Waals surface area contributed by atoms with E-state index in [1.807, 2.05) is 44.2 Å². The fourth-order valence-electron chi connectivity index (χ4n) is 3.18. The van der Waals surface area contributed by atoms with Crippen LogP contribution in [0, 0.1) is 0 Å². The van der Waals surface area contributed by atoms with Crippen LogP contribution in [-0.2, 0) is 4.74 Å². The van der Waals surface area contributed by atoms with E-state index in [9.17, 15) is 4.79 Å². The molecule has 3 aromatic rings. The number of methoxy groups -OCH3 is 1. The number of nitrogens with one attached hydrogen (secondary N) is 3. The number of rotatable bonds is 10. The number of hydrogen-bond acceptors (Lipinski definition) is 6. The number of nitrogens with zero attached hydrogens (tertiary/aromatic N) is 2. The van der Waals surface area contributed by atoms with Crippen LogP contribution in [-0.4, -0.2) is 42.9 Å². The highest BCUT2D eigenvalue weighted by atomic mass is 16.5. The zero-order valence-corrected chi connectivity index (χ0v) is 18.6. The number of hydrogen-bond donors (Lipinski definition) is 3. The number of anilines is 2. The number of amides is 2. The molecular formula is C25H33N5O3. The lowest BCUT2D eigenvalue weighted by molar-refractivity contribution is 0.138. The van der Waals surface area contributed by atoms with E-state index in [0.29, 0.717) is 42.7 Å². The maximum atomic E-state index is 11.9. The van der Waals surface area contributed by atoms with Gasteiger partial charge in [0.15, 0.2) is 0 Å². The summed E-state index contributed by atoms with van der Waals surface area (Å²) in [5, 5.41) is 8.90. The van der Waals surface area contributed by atoms with Gasteiger partial charge in [0.2, 0.25) is 0 Å². The summed E-state index contributed by atoms with van der Waals surface area (Å²) in [4.78, 5) is 20.9. The average Bonchev–Trinajstić information content (AvgIpc) is 2.83. The summed E-state index contributed by atoms with van der Waals surface area (Å²) in [5.41, 5.74) is 3.18. The monoisotopic (exact) mass is 451 g/mol. The molecule has 0 radical (unpaired) electrons. The largest absolute Gasteiger partial charge is 0.495 e. The Labute approximate surface area is 195 Å². The molecule has 1 aromatic heterocycles. The van der Waals surface area contributed by atoms with E-state index in [-0.39, 0.29) is 19.5 Å². The van der Waals surface area contributed by atoms with Gasteiger partial charge in [-0.25, -0.2) is 9.78 Å². The van der Waals surface area contributed by atoms with Gasteiger partial charge in [0.1, 0.15) is 11.6 Å². The van der Waals surface area contributed by atoms with Crippen molar-refractivity contribution >= 4 is 17.5 Å². The Balaban J connectivity index is 0.00000385. The summed E-state index contributed by atoms with van der Waals surface area (Å²) in [6.07, 6.45) is 3.38. The molecule has 0 aliphatic rings. The highest BCUT2D eigenvalue weighted by Gasteiger charge is 2.14. The first-order valence-electron chi connectivity index (χ1n) is 10.6. The SMILES string of the molecule is C.CCNC(=O)Nc1ccc(-c2cncc(N[C@@H](COCC)c3ccccc3)n2)cc1OC. The molecule has 0 aliphatic heterocycles. The van der Waals surface area contributed by atoms with Crippen LogP contribution in [0.5, 0.6) is 5.75 Å². The van der Waals surface area contributed by atoms with Crippen molar-refractivity contribution in [2.24, 2.45) is 0 Å². The van der Waals surface area contributed by atoms with E-state index >= 15 is 0 Å². The smallest absolute Gasteiger partial charge is 0.319 e. The molecular weight excluding hydrogens is 418 g/mol. The minimum Gasteiger partial charge on any atom is -0.495 e. The van der Waals surface area contributed by atoms with Crippen LogP contribution in [0.15, 0.2) is 60.9 Å². The van der Waals surface area contributed by atoms with Gasteiger partial charge in [0, 0.05) is 18.7 Å². The molecule has 0 fully saturated rings. The van der Waals surface area contributed by atoms with Crippen molar-refractivity contribution < 1.29 is 14.3 Å². The molecule has 8 nitrogen and oxygen atoms in total. The third kappa shape index (κ3) is 7.18. The van der Waals surface area contributed by atoms with Crippen LogP contribution in [0.1, 0.15) is 32.9 Å². The molecule has 1 heterocycles.